The van der Waals surface area contributed by atoms with Gasteiger partial charge in [-0.2, -0.15) is 0 Å². The van der Waals surface area contributed by atoms with Gasteiger partial charge in [-0.1, -0.05) is 0 Å². The minimum Gasteiger partial charge on any atom is -1.00 e. The number of quaternary nitrogens is 1. The van der Waals surface area contributed by atoms with Crippen LogP contribution in [0.25, 0.3) is 0 Å². The van der Waals surface area contributed by atoms with Gasteiger partial charge in [0.05, 0.1) is 66.0 Å². The van der Waals surface area contributed by atoms with E-state index in [-0.39, 0.29) is 17.0 Å². The topological polar surface area (TPSA) is 55.4 Å². The van der Waals surface area contributed by atoms with Crippen molar-refractivity contribution in [3.8, 4) is 0 Å². The zero-order chi connectivity index (χ0) is 17.9. The molecule has 0 radical (unpaired) electrons. The zero-order valence-electron chi connectivity index (χ0n) is 16.5. The molecule has 0 aromatic carbocycles. The number of rotatable bonds is 19. The first-order valence-electron chi connectivity index (χ1n) is 8.79. The largest absolute Gasteiger partial charge is 1.00 e. The Bertz CT molecular complexity index is 225. The highest BCUT2D eigenvalue weighted by atomic mass is 79.9. The van der Waals surface area contributed by atoms with Gasteiger partial charge in [0.2, 0.25) is 0 Å². The van der Waals surface area contributed by atoms with Crippen molar-refractivity contribution >= 4 is 0 Å². The van der Waals surface area contributed by atoms with Gasteiger partial charge in [-0.25, -0.2) is 0 Å². The molecule has 0 aliphatic rings. The number of likely N-dealkylation sites (N-methyl/N-ethyl adjacent to an activating group) is 1. The smallest absolute Gasteiger partial charge is 0.103 e. The number of halogens is 1. The van der Waals surface area contributed by atoms with Crippen molar-refractivity contribution in [1.82, 2.24) is 0 Å². The molecule has 0 rings (SSSR count). The third kappa shape index (κ3) is 16.1. The van der Waals surface area contributed by atoms with E-state index in [0.29, 0.717) is 59.5 Å². The molecule has 0 heterocycles. The van der Waals surface area contributed by atoms with Crippen molar-refractivity contribution < 1.29 is 49.9 Å². The van der Waals surface area contributed by atoms with Gasteiger partial charge in [0, 0.05) is 21.3 Å². The Kier molecular flexibility index (Phi) is 22.5. The summed E-state index contributed by atoms with van der Waals surface area (Å²) in [6, 6.07) is 0. The highest BCUT2D eigenvalue weighted by Gasteiger charge is 2.25. The normalized spacial score (nSPS) is 11.5. The van der Waals surface area contributed by atoms with Crippen LogP contribution in [-0.2, 0) is 28.4 Å². The Labute approximate surface area is 164 Å². The lowest BCUT2D eigenvalue weighted by Crippen LogP contribution is -3.00. The molecular formula is C17H38BrNO6. The molecule has 0 saturated heterocycles. The summed E-state index contributed by atoms with van der Waals surface area (Å²) in [6.45, 7) is 12.0. The molecule has 154 valence electrons. The Morgan fingerprint density at radius 1 is 0.520 bits per heavy atom. The van der Waals surface area contributed by atoms with E-state index < -0.39 is 0 Å². The maximum absolute atomic E-state index is 5.66. The molecular weight excluding hydrogens is 394 g/mol. The van der Waals surface area contributed by atoms with Gasteiger partial charge in [-0.15, -0.1) is 0 Å². The molecule has 0 aliphatic heterocycles. The molecule has 0 bridgehead atoms. The van der Waals surface area contributed by atoms with Gasteiger partial charge in [0.25, 0.3) is 0 Å². The molecule has 0 spiro atoms. The van der Waals surface area contributed by atoms with Crippen molar-refractivity contribution in [2.24, 2.45) is 0 Å². The van der Waals surface area contributed by atoms with Gasteiger partial charge in [0.1, 0.15) is 19.6 Å². The lowest BCUT2D eigenvalue weighted by atomic mass is 10.3. The summed E-state index contributed by atoms with van der Waals surface area (Å²) in [4.78, 5) is 0. The predicted molar refractivity (Wildman–Crippen MR) is 93.5 cm³/mol. The summed E-state index contributed by atoms with van der Waals surface area (Å²) >= 11 is 0. The molecule has 0 fully saturated rings. The summed E-state index contributed by atoms with van der Waals surface area (Å²) in [6.07, 6.45) is 0. The molecule has 25 heavy (non-hydrogen) atoms. The van der Waals surface area contributed by atoms with Crippen LogP contribution in [0.15, 0.2) is 0 Å². The van der Waals surface area contributed by atoms with Gasteiger partial charge < -0.3 is 49.9 Å². The summed E-state index contributed by atoms with van der Waals surface area (Å²) in [5, 5.41) is 0. The molecule has 0 atom stereocenters. The molecule has 0 unspecified atom stereocenters. The van der Waals surface area contributed by atoms with E-state index >= 15 is 0 Å². The Hall–Kier alpha value is 0.200. The first-order chi connectivity index (χ1) is 11.7. The van der Waals surface area contributed by atoms with Crippen LogP contribution >= 0.6 is 0 Å². The fourth-order valence-electron chi connectivity index (χ4n) is 2.32. The van der Waals surface area contributed by atoms with Crippen LogP contribution in [0.2, 0.25) is 0 Å². The molecule has 8 heteroatoms. The molecule has 0 aromatic rings. The second kappa shape index (κ2) is 20.5. The summed E-state index contributed by atoms with van der Waals surface area (Å²) in [7, 11) is 5.05. The summed E-state index contributed by atoms with van der Waals surface area (Å²) < 4.78 is 32.9. The van der Waals surface area contributed by atoms with E-state index in [1.54, 1.807) is 21.3 Å². The zero-order valence-corrected chi connectivity index (χ0v) is 18.1. The van der Waals surface area contributed by atoms with Gasteiger partial charge >= 0.3 is 0 Å². The van der Waals surface area contributed by atoms with E-state index in [9.17, 15) is 0 Å². The average molecular weight is 432 g/mol. The van der Waals surface area contributed by atoms with Crippen LogP contribution in [0.5, 0.6) is 0 Å². The fourth-order valence-corrected chi connectivity index (χ4v) is 2.32. The molecule has 0 N–H and O–H groups in total. The van der Waals surface area contributed by atoms with Crippen LogP contribution in [0.1, 0.15) is 6.92 Å². The van der Waals surface area contributed by atoms with Crippen LogP contribution in [0, 0.1) is 0 Å². The Morgan fingerprint density at radius 2 is 0.840 bits per heavy atom. The number of hydrogen-bond donors (Lipinski definition) is 0. The number of hydrogen-bond acceptors (Lipinski definition) is 6. The van der Waals surface area contributed by atoms with Crippen LogP contribution in [0.3, 0.4) is 0 Å². The number of methoxy groups -OCH3 is 3. The molecule has 0 amide bonds. The molecule has 7 nitrogen and oxygen atoms in total. The summed E-state index contributed by atoms with van der Waals surface area (Å²) in [5.74, 6) is 0. The quantitative estimate of drug-likeness (QED) is 0.171. The van der Waals surface area contributed by atoms with Gasteiger partial charge in [-0.05, 0) is 6.92 Å². The second-order valence-corrected chi connectivity index (χ2v) is 5.64. The van der Waals surface area contributed by atoms with Crippen LogP contribution in [0.4, 0.5) is 0 Å². The molecule has 0 aliphatic carbocycles. The van der Waals surface area contributed by atoms with Gasteiger partial charge in [-0.3, -0.25) is 0 Å². The highest BCUT2D eigenvalue weighted by molar-refractivity contribution is 4.46. The lowest BCUT2D eigenvalue weighted by Gasteiger charge is -2.37. The molecule has 0 saturated carbocycles. The maximum atomic E-state index is 5.66. The minimum absolute atomic E-state index is 0. The van der Waals surface area contributed by atoms with E-state index in [1.807, 2.05) is 0 Å². The van der Waals surface area contributed by atoms with Crippen molar-refractivity contribution in [3.05, 3.63) is 0 Å². The van der Waals surface area contributed by atoms with E-state index in [0.717, 1.165) is 30.7 Å². The third-order valence-electron chi connectivity index (χ3n) is 4.10. The Morgan fingerprint density at radius 3 is 1.08 bits per heavy atom. The third-order valence-corrected chi connectivity index (χ3v) is 4.10. The van der Waals surface area contributed by atoms with Crippen molar-refractivity contribution in [2.75, 3.05) is 107 Å². The van der Waals surface area contributed by atoms with E-state index in [1.165, 1.54) is 0 Å². The first-order valence-corrected chi connectivity index (χ1v) is 8.79. The predicted octanol–water partition coefficient (Wildman–Crippen LogP) is -2.18. The van der Waals surface area contributed by atoms with Crippen molar-refractivity contribution in [1.29, 1.82) is 0 Å². The first kappa shape index (κ1) is 27.4. The monoisotopic (exact) mass is 431 g/mol. The lowest BCUT2D eigenvalue weighted by molar-refractivity contribution is -0.927. The highest BCUT2D eigenvalue weighted by Crippen LogP contribution is 2.07. The maximum Gasteiger partial charge on any atom is 0.103 e. The SMILES string of the molecule is CC[N+](CCOCCOC)(CCOCCOC)CCOCCOC.[Br-]. The van der Waals surface area contributed by atoms with Gasteiger partial charge in [0.15, 0.2) is 0 Å². The average Bonchev–Trinajstić information content (AvgIpc) is 2.60. The second-order valence-electron chi connectivity index (χ2n) is 5.64. The van der Waals surface area contributed by atoms with Crippen LogP contribution < -0.4 is 17.0 Å². The minimum atomic E-state index is 0. The standard InChI is InChI=1S/C17H38NO6.BrH/c1-5-18(6-9-22-15-12-19-2,7-10-23-16-13-20-3)8-11-24-17-14-21-4;/h5-17H2,1-4H3;1H/q+1;/p-1. The van der Waals surface area contributed by atoms with E-state index in [4.69, 9.17) is 28.4 Å². The molecule has 0 aromatic heterocycles. The van der Waals surface area contributed by atoms with E-state index in [2.05, 4.69) is 6.92 Å². The van der Waals surface area contributed by atoms with Crippen molar-refractivity contribution in [2.45, 2.75) is 6.92 Å². The summed E-state index contributed by atoms with van der Waals surface area (Å²) in [5.41, 5.74) is 0. The fraction of sp³-hybridized carbons (Fsp3) is 1.00. The number of nitrogens with zero attached hydrogens (tertiary/aromatic N) is 1. The number of ether oxygens (including phenoxy) is 6. The van der Waals surface area contributed by atoms with Crippen LogP contribution in [-0.4, -0.2) is 111 Å². The van der Waals surface area contributed by atoms with Crippen molar-refractivity contribution in [3.63, 3.8) is 0 Å². The Balaban J connectivity index is 0.